The van der Waals surface area contributed by atoms with E-state index in [1.54, 1.807) is 29.0 Å². The van der Waals surface area contributed by atoms with Gasteiger partial charge in [0.05, 0.1) is 16.4 Å². The van der Waals surface area contributed by atoms with Crippen molar-refractivity contribution < 1.29 is 0 Å². The summed E-state index contributed by atoms with van der Waals surface area (Å²) in [7, 11) is 0. The summed E-state index contributed by atoms with van der Waals surface area (Å²) < 4.78 is 1.77. The lowest BCUT2D eigenvalue weighted by Gasteiger charge is -2.09. The molecule has 0 amide bonds. The minimum absolute atomic E-state index is 0.00579. The number of nitrogens with zero attached hydrogens (tertiary/aromatic N) is 4. The third kappa shape index (κ3) is 3.22. The van der Waals surface area contributed by atoms with Crippen LogP contribution in [-0.2, 0) is 0 Å². The third-order valence-electron chi connectivity index (χ3n) is 2.81. The predicted octanol–water partition coefficient (Wildman–Crippen LogP) is 3.49. The zero-order chi connectivity index (χ0) is 15.4. The van der Waals surface area contributed by atoms with E-state index in [1.807, 2.05) is 26.0 Å². The van der Waals surface area contributed by atoms with Gasteiger partial charge in [-0.1, -0.05) is 11.6 Å². The second kappa shape index (κ2) is 6.13. The summed E-state index contributed by atoms with van der Waals surface area (Å²) in [5.74, 6) is 0. The number of nitrogens with one attached hydrogen (secondary N) is 1. The van der Waals surface area contributed by atoms with Crippen LogP contribution in [-0.4, -0.2) is 9.78 Å². The maximum absolute atomic E-state index is 8.67. The fourth-order valence-electron chi connectivity index (χ4n) is 1.89. The molecule has 2 rings (SSSR count). The average molecular weight is 298 g/mol. The normalized spacial score (nSPS) is 9.57. The minimum atomic E-state index is -0.00579. The fourth-order valence-corrected chi connectivity index (χ4v) is 2.15. The Bertz CT molecular complexity index is 773. The first-order valence-electron chi connectivity index (χ1n) is 6.15. The van der Waals surface area contributed by atoms with Crippen LogP contribution in [0.4, 0.5) is 5.69 Å². The second-order valence-corrected chi connectivity index (χ2v) is 4.84. The van der Waals surface area contributed by atoms with Crippen LogP contribution in [0.3, 0.4) is 0 Å². The van der Waals surface area contributed by atoms with Crippen molar-refractivity contribution in [2.75, 3.05) is 5.32 Å². The molecular formula is C15H12ClN5. The molecule has 0 aliphatic rings. The summed E-state index contributed by atoms with van der Waals surface area (Å²) in [6.07, 6.45) is 1.34. The van der Waals surface area contributed by atoms with Crippen LogP contribution in [0.1, 0.15) is 11.4 Å². The molecule has 1 aromatic heterocycles. The van der Waals surface area contributed by atoms with Gasteiger partial charge in [-0.05, 0) is 38.1 Å². The van der Waals surface area contributed by atoms with E-state index in [4.69, 9.17) is 22.1 Å². The largest absolute Gasteiger partial charge is 0.360 e. The van der Waals surface area contributed by atoms with Gasteiger partial charge in [0.15, 0.2) is 0 Å². The second-order valence-electron chi connectivity index (χ2n) is 4.43. The van der Waals surface area contributed by atoms with E-state index in [9.17, 15) is 0 Å². The van der Waals surface area contributed by atoms with E-state index in [0.717, 1.165) is 17.1 Å². The number of allylic oxidation sites excluding steroid dienone is 1. The molecular weight excluding hydrogens is 286 g/mol. The monoisotopic (exact) mass is 297 g/mol. The highest BCUT2D eigenvalue weighted by Gasteiger charge is 2.08. The molecule has 5 nitrogen and oxygen atoms in total. The van der Waals surface area contributed by atoms with E-state index in [0.29, 0.717) is 10.7 Å². The first kappa shape index (κ1) is 14.6. The smallest absolute Gasteiger partial charge is 0.145 e. The maximum atomic E-state index is 8.67. The number of rotatable bonds is 3. The molecule has 0 saturated carbocycles. The Kier molecular flexibility index (Phi) is 4.27. The molecule has 0 fully saturated rings. The van der Waals surface area contributed by atoms with Gasteiger partial charge in [0.25, 0.3) is 0 Å². The van der Waals surface area contributed by atoms with Gasteiger partial charge in [0.2, 0.25) is 0 Å². The highest BCUT2D eigenvalue weighted by Crippen LogP contribution is 2.25. The molecule has 104 valence electrons. The summed E-state index contributed by atoms with van der Waals surface area (Å²) in [5.41, 5.74) is 3.37. The average Bonchev–Trinajstić information content (AvgIpc) is 2.79. The van der Waals surface area contributed by atoms with Gasteiger partial charge < -0.3 is 5.32 Å². The van der Waals surface area contributed by atoms with Crippen molar-refractivity contribution in [2.24, 2.45) is 0 Å². The van der Waals surface area contributed by atoms with Crippen molar-refractivity contribution in [1.82, 2.24) is 9.78 Å². The van der Waals surface area contributed by atoms with Crippen molar-refractivity contribution >= 4 is 17.3 Å². The van der Waals surface area contributed by atoms with Crippen LogP contribution in [0.2, 0.25) is 5.02 Å². The predicted molar refractivity (Wildman–Crippen MR) is 81.0 cm³/mol. The van der Waals surface area contributed by atoms with Crippen LogP contribution in [0.15, 0.2) is 36.0 Å². The van der Waals surface area contributed by atoms with Gasteiger partial charge in [-0.3, -0.25) is 0 Å². The summed E-state index contributed by atoms with van der Waals surface area (Å²) in [6.45, 7) is 3.88. The number of benzene rings is 1. The Labute approximate surface area is 127 Å². The summed E-state index contributed by atoms with van der Waals surface area (Å²) in [5, 5.41) is 25.1. The number of aryl methyl sites for hydroxylation is 2. The van der Waals surface area contributed by atoms with Crippen LogP contribution in [0, 0.1) is 36.5 Å². The number of hydrogen-bond acceptors (Lipinski definition) is 4. The third-order valence-corrected chi connectivity index (χ3v) is 3.11. The number of anilines is 1. The highest BCUT2D eigenvalue weighted by molar-refractivity contribution is 6.32. The van der Waals surface area contributed by atoms with Crippen molar-refractivity contribution in [3.05, 3.63) is 52.4 Å². The molecule has 0 unspecified atom stereocenters. The van der Waals surface area contributed by atoms with E-state index in [-0.39, 0.29) is 5.57 Å². The van der Waals surface area contributed by atoms with E-state index in [1.165, 1.54) is 6.20 Å². The van der Waals surface area contributed by atoms with Crippen molar-refractivity contribution in [3.63, 3.8) is 0 Å². The fraction of sp³-hybridized carbons (Fsp3) is 0.133. The minimum Gasteiger partial charge on any atom is -0.360 e. The first-order chi connectivity index (χ1) is 10.0. The molecule has 0 spiro atoms. The molecule has 0 aliphatic carbocycles. The zero-order valence-corrected chi connectivity index (χ0v) is 12.3. The number of aromatic nitrogens is 2. The number of halogens is 1. The quantitative estimate of drug-likeness (QED) is 0.880. The summed E-state index contributed by atoms with van der Waals surface area (Å²) >= 11 is 6.28. The molecule has 1 N–H and O–H groups in total. The van der Waals surface area contributed by atoms with E-state index < -0.39 is 0 Å². The van der Waals surface area contributed by atoms with E-state index in [2.05, 4.69) is 10.4 Å². The molecule has 0 saturated heterocycles. The number of hydrogen-bond donors (Lipinski definition) is 1. The van der Waals surface area contributed by atoms with Gasteiger partial charge in [0.1, 0.15) is 17.7 Å². The topological polar surface area (TPSA) is 77.4 Å². The first-order valence-corrected chi connectivity index (χ1v) is 6.53. The summed E-state index contributed by atoms with van der Waals surface area (Å²) in [6, 6.07) is 10.9. The van der Waals surface area contributed by atoms with Crippen molar-refractivity contribution in [2.45, 2.75) is 13.8 Å². The lowest BCUT2D eigenvalue weighted by atomic mass is 10.2. The maximum Gasteiger partial charge on any atom is 0.145 e. The van der Waals surface area contributed by atoms with Crippen LogP contribution >= 0.6 is 11.6 Å². The molecule has 6 heteroatoms. The van der Waals surface area contributed by atoms with E-state index >= 15 is 0 Å². The van der Waals surface area contributed by atoms with Gasteiger partial charge in [-0.15, -0.1) is 0 Å². The van der Waals surface area contributed by atoms with Gasteiger partial charge in [0, 0.05) is 17.6 Å². The Morgan fingerprint density at radius 2 is 2.00 bits per heavy atom. The molecule has 0 aliphatic heterocycles. The molecule has 1 heterocycles. The molecule has 0 radical (unpaired) electrons. The SMILES string of the molecule is Cc1cc(C)n(-c2ccc(NC=C(C#N)C#N)cc2Cl)n1. The Balaban J connectivity index is 2.31. The lowest BCUT2D eigenvalue weighted by molar-refractivity contribution is 0.834. The molecule has 1 aromatic carbocycles. The zero-order valence-electron chi connectivity index (χ0n) is 11.6. The molecule has 21 heavy (non-hydrogen) atoms. The summed E-state index contributed by atoms with van der Waals surface area (Å²) in [4.78, 5) is 0. The number of nitriles is 2. The molecule has 0 atom stereocenters. The Morgan fingerprint density at radius 3 is 2.52 bits per heavy atom. The molecule has 0 bridgehead atoms. The van der Waals surface area contributed by atoms with Crippen molar-refractivity contribution in [3.8, 4) is 17.8 Å². The van der Waals surface area contributed by atoms with Gasteiger partial charge >= 0.3 is 0 Å². The van der Waals surface area contributed by atoms with Crippen LogP contribution in [0.25, 0.3) is 5.69 Å². The van der Waals surface area contributed by atoms with Gasteiger partial charge in [-0.25, -0.2) is 4.68 Å². The standard InChI is InChI=1S/C15H12ClN5/c1-10-5-11(2)21(20-10)15-4-3-13(6-14(15)16)19-9-12(7-17)8-18/h3-6,9,19H,1-2H3. The lowest BCUT2D eigenvalue weighted by Crippen LogP contribution is -2.00. The Morgan fingerprint density at radius 1 is 1.29 bits per heavy atom. The highest BCUT2D eigenvalue weighted by atomic mass is 35.5. The van der Waals surface area contributed by atoms with Crippen LogP contribution in [0.5, 0.6) is 0 Å². The van der Waals surface area contributed by atoms with Crippen molar-refractivity contribution in [1.29, 1.82) is 10.5 Å². The van der Waals surface area contributed by atoms with Crippen LogP contribution < -0.4 is 5.32 Å². The van der Waals surface area contributed by atoms with Gasteiger partial charge in [-0.2, -0.15) is 15.6 Å². The molecule has 2 aromatic rings. The Hall–Kier alpha value is -2.76.